The average molecular weight is 585 g/mol. The maximum atomic E-state index is 13.0. The second-order valence-electron chi connectivity index (χ2n) is 9.82. The van der Waals surface area contributed by atoms with Crippen molar-refractivity contribution in [1.82, 2.24) is 0 Å². The summed E-state index contributed by atoms with van der Waals surface area (Å²) in [5, 5.41) is 8.66. The molecule has 0 saturated carbocycles. The predicted octanol–water partition coefficient (Wildman–Crippen LogP) is 7.39. The van der Waals surface area contributed by atoms with Crippen molar-refractivity contribution in [2.75, 3.05) is 23.9 Å². The molecule has 4 aromatic carbocycles. The van der Waals surface area contributed by atoms with Crippen LogP contribution in [-0.2, 0) is 0 Å². The number of nitrogens with one attached hydrogen (secondary N) is 2. The number of carbonyl (C=O) groups excluding carboxylic acids is 2. The number of nitrogens with zero attached hydrogens (tertiary/aromatic N) is 4. The van der Waals surface area contributed by atoms with Crippen LogP contribution in [0.4, 0.5) is 11.4 Å². The predicted molar refractivity (Wildman–Crippen MR) is 182 cm³/mol. The fourth-order valence-corrected chi connectivity index (χ4v) is 4.09. The first-order valence-corrected chi connectivity index (χ1v) is 14.7. The minimum Gasteiger partial charge on any atom is -0.291 e. The summed E-state index contributed by atoms with van der Waals surface area (Å²) in [6.07, 6.45) is 6.77. The van der Waals surface area contributed by atoms with Crippen molar-refractivity contribution in [1.29, 1.82) is 0 Å². The molecule has 0 aromatic heterocycles. The molecule has 0 aliphatic carbocycles. The summed E-state index contributed by atoms with van der Waals surface area (Å²) in [6.45, 7) is 1.17. The van der Waals surface area contributed by atoms with Crippen LogP contribution >= 0.6 is 0 Å². The molecule has 0 aliphatic heterocycles. The van der Waals surface area contributed by atoms with Crippen molar-refractivity contribution >= 4 is 46.8 Å². The Morgan fingerprint density at radius 3 is 1.18 bits per heavy atom. The average Bonchev–Trinajstić information content (AvgIpc) is 3.09. The van der Waals surface area contributed by atoms with E-state index >= 15 is 0 Å². The van der Waals surface area contributed by atoms with Crippen LogP contribution in [0.15, 0.2) is 142 Å². The molecule has 0 aliphatic rings. The molecule has 0 heterocycles. The van der Waals surface area contributed by atoms with Gasteiger partial charge in [0.1, 0.15) is 11.4 Å². The molecular weight excluding hydrogens is 548 g/mol. The molecule has 222 valence electrons. The van der Waals surface area contributed by atoms with Crippen LogP contribution in [0, 0.1) is 0 Å². The molecular formula is C36H36N6O2. The maximum absolute atomic E-state index is 13.0. The van der Waals surface area contributed by atoms with Crippen molar-refractivity contribution < 1.29 is 9.59 Å². The van der Waals surface area contributed by atoms with Gasteiger partial charge in [-0.3, -0.25) is 30.4 Å². The lowest BCUT2D eigenvalue weighted by Crippen LogP contribution is -2.18. The summed E-state index contributed by atoms with van der Waals surface area (Å²) in [5.74, 6) is -0.383. The van der Waals surface area contributed by atoms with Crippen LogP contribution in [0.3, 0.4) is 0 Å². The fourth-order valence-electron chi connectivity index (χ4n) is 4.09. The number of benzene rings is 4. The van der Waals surface area contributed by atoms with E-state index < -0.39 is 0 Å². The topological polar surface area (TPSA) is 108 Å². The highest BCUT2D eigenvalue weighted by Gasteiger charge is 2.13. The smallest absolute Gasteiger partial charge is 0.214 e. The van der Waals surface area contributed by atoms with Crippen LogP contribution < -0.4 is 10.9 Å². The van der Waals surface area contributed by atoms with Crippen molar-refractivity contribution in [3.05, 3.63) is 132 Å². The van der Waals surface area contributed by atoms with Gasteiger partial charge in [-0.15, -0.1) is 0 Å². The number of rotatable bonds is 17. The quantitative estimate of drug-likeness (QED) is 0.0584. The first-order valence-electron chi connectivity index (χ1n) is 14.7. The van der Waals surface area contributed by atoms with E-state index in [1.807, 2.05) is 97.1 Å². The summed E-state index contributed by atoms with van der Waals surface area (Å²) >= 11 is 0. The van der Waals surface area contributed by atoms with Crippen LogP contribution in [0.2, 0.25) is 0 Å². The van der Waals surface area contributed by atoms with Gasteiger partial charge < -0.3 is 0 Å². The van der Waals surface area contributed by atoms with E-state index in [-0.39, 0.29) is 23.0 Å². The van der Waals surface area contributed by atoms with Gasteiger partial charge in [0.25, 0.3) is 0 Å². The van der Waals surface area contributed by atoms with Crippen LogP contribution in [-0.4, -0.2) is 48.5 Å². The third-order valence-corrected chi connectivity index (χ3v) is 6.45. The number of anilines is 2. The zero-order valence-electron chi connectivity index (χ0n) is 24.5. The van der Waals surface area contributed by atoms with Crippen molar-refractivity contribution in [3.63, 3.8) is 0 Å². The molecule has 8 heteroatoms. The number of hydrazone groups is 2. The largest absolute Gasteiger partial charge is 0.291 e. The lowest BCUT2D eigenvalue weighted by Gasteiger charge is -2.04. The maximum Gasteiger partial charge on any atom is 0.214 e. The van der Waals surface area contributed by atoms with Gasteiger partial charge in [-0.2, -0.15) is 10.2 Å². The monoisotopic (exact) mass is 584 g/mol. The first-order chi connectivity index (χ1) is 21.7. The van der Waals surface area contributed by atoms with Gasteiger partial charge in [-0.1, -0.05) is 110 Å². The third kappa shape index (κ3) is 10.7. The molecule has 8 nitrogen and oxygen atoms in total. The van der Waals surface area contributed by atoms with Gasteiger partial charge in [0.2, 0.25) is 11.6 Å². The molecule has 0 spiro atoms. The summed E-state index contributed by atoms with van der Waals surface area (Å²) in [7, 11) is 0. The number of unbranched alkanes of at least 4 members (excludes halogenated alkanes) is 3. The molecule has 0 bridgehead atoms. The van der Waals surface area contributed by atoms with Crippen molar-refractivity contribution in [2.24, 2.45) is 20.2 Å². The van der Waals surface area contributed by atoms with Crippen LogP contribution in [0.5, 0.6) is 0 Å². The van der Waals surface area contributed by atoms with E-state index in [1.165, 1.54) is 0 Å². The minimum atomic E-state index is -0.191. The highest BCUT2D eigenvalue weighted by molar-refractivity contribution is 6.65. The molecule has 0 atom stereocenters. The molecule has 0 fully saturated rings. The Hall–Kier alpha value is -5.50. The van der Waals surface area contributed by atoms with Gasteiger partial charge in [0.05, 0.1) is 23.8 Å². The van der Waals surface area contributed by atoms with E-state index in [0.29, 0.717) is 24.2 Å². The normalized spacial score (nSPS) is 12.0. The highest BCUT2D eigenvalue weighted by Crippen LogP contribution is 2.08. The number of para-hydroxylation sites is 2. The highest BCUT2D eigenvalue weighted by atomic mass is 16.1. The fraction of sp³-hybridized carbons (Fsp3) is 0.167. The van der Waals surface area contributed by atoms with E-state index in [0.717, 1.165) is 37.1 Å². The number of Topliss-reactive ketones (excluding diaryl/α,β-unsaturated/α-hetero) is 2. The molecule has 0 amide bonds. The number of hydrogen-bond donors (Lipinski definition) is 2. The zero-order chi connectivity index (χ0) is 30.7. The molecule has 0 saturated heterocycles. The van der Waals surface area contributed by atoms with E-state index in [1.54, 1.807) is 36.7 Å². The van der Waals surface area contributed by atoms with Crippen LogP contribution in [0.1, 0.15) is 46.4 Å². The Morgan fingerprint density at radius 2 is 0.818 bits per heavy atom. The zero-order valence-corrected chi connectivity index (χ0v) is 24.5. The van der Waals surface area contributed by atoms with E-state index in [4.69, 9.17) is 0 Å². The minimum absolute atomic E-state index is 0.191. The molecule has 4 rings (SSSR count). The van der Waals surface area contributed by atoms with Gasteiger partial charge in [-0.25, -0.2) is 0 Å². The summed E-state index contributed by atoms with van der Waals surface area (Å²) in [4.78, 5) is 35.0. The second kappa shape index (κ2) is 18.1. The standard InChI is InChI=1S/C36H36N6O2/c43-35(29-17-7-3-8-18-29)33(41-39-31-21-11-5-12-22-31)27-37-25-15-1-2-16-26-38-28-34(36(44)30-19-9-4-10-20-30)42-40-32-23-13-6-14-24-32/h3-14,17-24,27-28,39-40H,1-2,15-16,25-26H2. The SMILES string of the molecule is O=C(C(C=NCCCCCCN=CC(=NNc1ccccc1)C(=O)c1ccccc1)=NNc1ccccc1)c1ccccc1. The van der Waals surface area contributed by atoms with E-state index in [9.17, 15) is 9.59 Å². The van der Waals surface area contributed by atoms with Crippen LogP contribution in [0.25, 0.3) is 0 Å². The van der Waals surface area contributed by atoms with Crippen molar-refractivity contribution in [3.8, 4) is 0 Å². The summed E-state index contributed by atoms with van der Waals surface area (Å²) in [5.41, 5.74) is 9.08. The Bertz CT molecular complexity index is 1450. The first kappa shape index (κ1) is 31.4. The number of hydrogen-bond acceptors (Lipinski definition) is 8. The molecule has 2 N–H and O–H groups in total. The number of ketones is 2. The third-order valence-electron chi connectivity index (χ3n) is 6.45. The summed E-state index contributed by atoms with van der Waals surface area (Å²) in [6, 6.07) is 37.1. The van der Waals surface area contributed by atoms with Gasteiger partial charge in [0, 0.05) is 24.2 Å². The van der Waals surface area contributed by atoms with Gasteiger partial charge >= 0.3 is 0 Å². The molecule has 4 aromatic rings. The molecule has 0 radical (unpaired) electrons. The van der Waals surface area contributed by atoms with Crippen molar-refractivity contribution in [2.45, 2.75) is 25.7 Å². The number of aliphatic imine (C=N–C) groups is 2. The molecule has 44 heavy (non-hydrogen) atoms. The van der Waals surface area contributed by atoms with Gasteiger partial charge in [-0.05, 0) is 37.1 Å². The van der Waals surface area contributed by atoms with E-state index in [2.05, 4.69) is 31.0 Å². The molecule has 0 unspecified atom stereocenters. The van der Waals surface area contributed by atoms with Gasteiger partial charge in [0.15, 0.2) is 0 Å². The number of carbonyl (C=O) groups is 2. The Balaban J connectivity index is 1.24. The second-order valence-corrected chi connectivity index (χ2v) is 9.82. The lowest BCUT2D eigenvalue weighted by atomic mass is 10.1. The summed E-state index contributed by atoms with van der Waals surface area (Å²) < 4.78 is 0. The lowest BCUT2D eigenvalue weighted by molar-refractivity contribution is 0.106. The Kier molecular flexibility index (Phi) is 13.0. The Labute approximate surface area is 258 Å². The Morgan fingerprint density at radius 1 is 0.477 bits per heavy atom.